The van der Waals surface area contributed by atoms with Crippen molar-refractivity contribution in [2.45, 2.75) is 50.5 Å². The Balaban J connectivity index is 1.80. The van der Waals surface area contributed by atoms with Gasteiger partial charge in [0.1, 0.15) is 5.82 Å². The number of benzene rings is 1. The van der Waals surface area contributed by atoms with Gasteiger partial charge in [0.25, 0.3) is 0 Å². The molecule has 0 atom stereocenters. The van der Waals surface area contributed by atoms with Gasteiger partial charge in [-0.05, 0) is 44.9 Å². The zero-order valence-corrected chi connectivity index (χ0v) is 15.9. The van der Waals surface area contributed by atoms with Crippen LogP contribution in [-0.2, 0) is 10.0 Å². The zero-order chi connectivity index (χ0) is 18.6. The minimum atomic E-state index is -3.52. The SMILES string of the molecule is CCNc1ncc(C)c(Nc2cccc(S(=O)(=O)NC3CCCC3)c2)n1. The molecule has 2 aromatic rings. The van der Waals surface area contributed by atoms with Crippen molar-refractivity contribution in [2.24, 2.45) is 0 Å². The number of sulfonamides is 1. The molecule has 1 saturated carbocycles. The fourth-order valence-corrected chi connectivity index (χ4v) is 4.37. The Kier molecular flexibility index (Phi) is 5.73. The highest BCUT2D eigenvalue weighted by molar-refractivity contribution is 7.89. The Morgan fingerprint density at radius 3 is 2.73 bits per heavy atom. The van der Waals surface area contributed by atoms with E-state index in [1.54, 1.807) is 24.4 Å². The Bertz CT molecular complexity index is 864. The van der Waals surface area contributed by atoms with Crippen molar-refractivity contribution in [1.82, 2.24) is 14.7 Å². The van der Waals surface area contributed by atoms with Crippen LogP contribution in [0.15, 0.2) is 35.4 Å². The van der Waals surface area contributed by atoms with Gasteiger partial charge in [-0.1, -0.05) is 18.9 Å². The molecule has 8 heteroatoms. The molecule has 1 aromatic heterocycles. The normalized spacial score (nSPS) is 15.2. The molecule has 1 fully saturated rings. The molecule has 1 aromatic carbocycles. The molecule has 0 spiro atoms. The van der Waals surface area contributed by atoms with Crippen LogP contribution in [0.3, 0.4) is 0 Å². The maximum absolute atomic E-state index is 12.6. The van der Waals surface area contributed by atoms with E-state index in [0.29, 0.717) is 17.5 Å². The lowest BCUT2D eigenvalue weighted by atomic mass is 10.3. The van der Waals surface area contributed by atoms with Crippen molar-refractivity contribution in [1.29, 1.82) is 0 Å². The summed E-state index contributed by atoms with van der Waals surface area (Å²) in [4.78, 5) is 8.91. The van der Waals surface area contributed by atoms with Crippen LogP contribution >= 0.6 is 0 Å². The third kappa shape index (κ3) is 4.50. The predicted molar refractivity (Wildman–Crippen MR) is 103 cm³/mol. The summed E-state index contributed by atoms with van der Waals surface area (Å²) in [5.41, 5.74) is 1.55. The van der Waals surface area contributed by atoms with Crippen molar-refractivity contribution in [3.8, 4) is 0 Å². The summed E-state index contributed by atoms with van der Waals surface area (Å²) in [5, 5.41) is 6.26. The number of aromatic nitrogens is 2. The van der Waals surface area contributed by atoms with Crippen LogP contribution in [-0.4, -0.2) is 31.0 Å². The van der Waals surface area contributed by atoms with Crippen molar-refractivity contribution < 1.29 is 8.42 Å². The van der Waals surface area contributed by atoms with Crippen LogP contribution in [0.1, 0.15) is 38.2 Å². The van der Waals surface area contributed by atoms with E-state index in [4.69, 9.17) is 0 Å². The van der Waals surface area contributed by atoms with Gasteiger partial charge >= 0.3 is 0 Å². The van der Waals surface area contributed by atoms with Gasteiger partial charge < -0.3 is 10.6 Å². The first-order valence-corrected chi connectivity index (χ1v) is 10.4. The highest BCUT2D eigenvalue weighted by Gasteiger charge is 2.23. The lowest BCUT2D eigenvalue weighted by Crippen LogP contribution is -2.32. The first kappa shape index (κ1) is 18.6. The molecular weight excluding hydrogens is 350 g/mol. The number of nitrogens with one attached hydrogen (secondary N) is 3. The van der Waals surface area contributed by atoms with Gasteiger partial charge in [0.05, 0.1) is 4.90 Å². The van der Waals surface area contributed by atoms with E-state index in [2.05, 4.69) is 25.3 Å². The molecule has 0 amide bonds. The number of aryl methyl sites for hydroxylation is 1. The van der Waals surface area contributed by atoms with E-state index in [0.717, 1.165) is 37.8 Å². The number of hydrogen-bond donors (Lipinski definition) is 3. The summed E-state index contributed by atoms with van der Waals surface area (Å²) >= 11 is 0. The fourth-order valence-electron chi connectivity index (χ4n) is 3.02. The summed E-state index contributed by atoms with van der Waals surface area (Å²) in [6.07, 6.45) is 5.70. The van der Waals surface area contributed by atoms with E-state index in [1.165, 1.54) is 0 Å². The Hall–Kier alpha value is -2.19. The minimum absolute atomic E-state index is 0.0448. The van der Waals surface area contributed by atoms with Crippen LogP contribution in [0, 0.1) is 6.92 Å². The summed E-state index contributed by atoms with van der Waals surface area (Å²) in [6, 6.07) is 6.84. The quantitative estimate of drug-likeness (QED) is 0.688. The molecule has 140 valence electrons. The second kappa shape index (κ2) is 8.01. The average molecular weight is 375 g/mol. The van der Waals surface area contributed by atoms with E-state index in [-0.39, 0.29) is 10.9 Å². The van der Waals surface area contributed by atoms with E-state index in [9.17, 15) is 8.42 Å². The summed E-state index contributed by atoms with van der Waals surface area (Å²) in [6.45, 7) is 4.60. The van der Waals surface area contributed by atoms with Gasteiger partial charge in [-0.15, -0.1) is 0 Å². The lowest BCUT2D eigenvalue weighted by Gasteiger charge is -2.14. The second-order valence-electron chi connectivity index (χ2n) is 6.51. The number of rotatable bonds is 7. The van der Waals surface area contributed by atoms with Gasteiger partial charge in [-0.2, -0.15) is 4.98 Å². The molecule has 0 bridgehead atoms. The fraction of sp³-hybridized carbons (Fsp3) is 0.444. The molecule has 0 radical (unpaired) electrons. The predicted octanol–water partition coefficient (Wildman–Crippen LogP) is 3.18. The van der Waals surface area contributed by atoms with Crippen LogP contribution in [0.25, 0.3) is 0 Å². The minimum Gasteiger partial charge on any atom is -0.354 e. The average Bonchev–Trinajstić information content (AvgIpc) is 3.11. The van der Waals surface area contributed by atoms with E-state index >= 15 is 0 Å². The summed E-state index contributed by atoms with van der Waals surface area (Å²) < 4.78 is 28.1. The second-order valence-corrected chi connectivity index (χ2v) is 8.23. The van der Waals surface area contributed by atoms with Crippen molar-refractivity contribution in [2.75, 3.05) is 17.2 Å². The van der Waals surface area contributed by atoms with E-state index in [1.807, 2.05) is 19.9 Å². The maximum atomic E-state index is 12.6. The maximum Gasteiger partial charge on any atom is 0.240 e. The van der Waals surface area contributed by atoms with Gasteiger partial charge in [0, 0.05) is 30.0 Å². The van der Waals surface area contributed by atoms with Crippen molar-refractivity contribution >= 4 is 27.5 Å². The Morgan fingerprint density at radius 1 is 1.23 bits per heavy atom. The Labute approximate surface area is 154 Å². The topological polar surface area (TPSA) is 96.0 Å². The lowest BCUT2D eigenvalue weighted by molar-refractivity contribution is 0.552. The highest BCUT2D eigenvalue weighted by Crippen LogP contribution is 2.24. The molecule has 1 aliphatic carbocycles. The molecule has 1 heterocycles. The van der Waals surface area contributed by atoms with Crippen LogP contribution in [0.5, 0.6) is 0 Å². The molecule has 3 rings (SSSR count). The number of hydrogen-bond acceptors (Lipinski definition) is 6. The van der Waals surface area contributed by atoms with Crippen molar-refractivity contribution in [3.05, 3.63) is 36.0 Å². The largest absolute Gasteiger partial charge is 0.354 e. The summed E-state index contributed by atoms with van der Waals surface area (Å²) in [5.74, 6) is 1.18. The molecule has 26 heavy (non-hydrogen) atoms. The zero-order valence-electron chi connectivity index (χ0n) is 15.1. The molecule has 0 unspecified atom stereocenters. The molecular formula is C18H25N5O2S. The van der Waals surface area contributed by atoms with Crippen LogP contribution < -0.4 is 15.4 Å². The summed E-state index contributed by atoms with van der Waals surface area (Å²) in [7, 11) is -3.52. The van der Waals surface area contributed by atoms with Crippen LogP contribution in [0.4, 0.5) is 17.5 Å². The first-order chi connectivity index (χ1) is 12.5. The van der Waals surface area contributed by atoms with Crippen molar-refractivity contribution in [3.63, 3.8) is 0 Å². The molecule has 7 nitrogen and oxygen atoms in total. The van der Waals surface area contributed by atoms with Crippen LogP contribution in [0.2, 0.25) is 0 Å². The van der Waals surface area contributed by atoms with Gasteiger partial charge in [-0.3, -0.25) is 0 Å². The van der Waals surface area contributed by atoms with Gasteiger partial charge in [0.15, 0.2) is 0 Å². The molecule has 0 aliphatic heterocycles. The Morgan fingerprint density at radius 2 is 2.00 bits per heavy atom. The smallest absolute Gasteiger partial charge is 0.240 e. The number of anilines is 3. The van der Waals surface area contributed by atoms with E-state index < -0.39 is 10.0 Å². The van der Waals surface area contributed by atoms with Gasteiger partial charge in [0.2, 0.25) is 16.0 Å². The third-order valence-electron chi connectivity index (χ3n) is 4.39. The third-order valence-corrected chi connectivity index (χ3v) is 5.91. The standard InChI is InChI=1S/C18H25N5O2S/c1-3-19-18-20-12-13(2)17(22-18)21-15-9-6-10-16(11-15)26(24,25)23-14-7-4-5-8-14/h6,9-12,14,23H,3-5,7-8H2,1-2H3,(H2,19,20,21,22). The molecule has 0 saturated heterocycles. The highest BCUT2D eigenvalue weighted by atomic mass is 32.2. The van der Waals surface area contributed by atoms with Gasteiger partial charge in [-0.25, -0.2) is 18.1 Å². The number of nitrogens with zero attached hydrogens (tertiary/aromatic N) is 2. The first-order valence-electron chi connectivity index (χ1n) is 8.95. The molecule has 3 N–H and O–H groups in total. The molecule has 1 aliphatic rings. The monoisotopic (exact) mass is 375 g/mol.